The molecule has 0 amide bonds. The van der Waals surface area contributed by atoms with E-state index in [9.17, 15) is 4.79 Å². The third-order valence-corrected chi connectivity index (χ3v) is 2.57. The molecule has 0 unspecified atom stereocenters. The molecule has 2 heterocycles. The van der Waals surface area contributed by atoms with E-state index >= 15 is 0 Å². The molecule has 0 saturated heterocycles. The summed E-state index contributed by atoms with van der Waals surface area (Å²) in [4.78, 5) is 15.9. The SMILES string of the molecule is N#Cc1cc2cccnc2sc1=O. The molecule has 62 valence electrons. The van der Waals surface area contributed by atoms with Gasteiger partial charge < -0.3 is 0 Å². The van der Waals surface area contributed by atoms with E-state index < -0.39 is 0 Å². The molecule has 0 saturated carbocycles. The first-order valence-corrected chi connectivity index (χ1v) is 4.42. The van der Waals surface area contributed by atoms with Gasteiger partial charge in [0, 0.05) is 11.6 Å². The van der Waals surface area contributed by atoms with E-state index in [0.717, 1.165) is 16.7 Å². The van der Waals surface area contributed by atoms with Crippen molar-refractivity contribution in [2.75, 3.05) is 0 Å². The summed E-state index contributed by atoms with van der Waals surface area (Å²) < 4.78 is -0.228. The monoisotopic (exact) mass is 188 g/mol. The first kappa shape index (κ1) is 7.90. The predicted octanol–water partition coefficient (Wildman–Crippen LogP) is 1.53. The summed E-state index contributed by atoms with van der Waals surface area (Å²) in [6, 6.07) is 7.04. The average molecular weight is 188 g/mol. The second kappa shape index (κ2) is 2.96. The Labute approximate surface area is 77.9 Å². The molecule has 3 nitrogen and oxygen atoms in total. The maximum atomic E-state index is 11.2. The minimum atomic E-state index is -0.228. The zero-order valence-corrected chi connectivity index (χ0v) is 7.34. The van der Waals surface area contributed by atoms with Gasteiger partial charge in [-0.25, -0.2) is 4.98 Å². The molecule has 0 fully saturated rings. The van der Waals surface area contributed by atoms with Crippen LogP contribution in [0.1, 0.15) is 5.56 Å². The zero-order valence-electron chi connectivity index (χ0n) is 6.52. The Hall–Kier alpha value is -1.73. The standard InChI is InChI=1S/C9H4N2OS/c10-5-7-4-6-2-1-3-11-8(6)13-9(7)12/h1-4H. The van der Waals surface area contributed by atoms with E-state index in [2.05, 4.69) is 4.98 Å². The molecule has 2 rings (SSSR count). The fourth-order valence-corrected chi connectivity index (χ4v) is 1.78. The van der Waals surface area contributed by atoms with Gasteiger partial charge in [-0.1, -0.05) is 17.4 Å². The van der Waals surface area contributed by atoms with Crippen molar-refractivity contribution >= 4 is 21.6 Å². The Bertz CT molecular complexity index is 553. The van der Waals surface area contributed by atoms with Gasteiger partial charge in [0.2, 0.25) is 0 Å². The van der Waals surface area contributed by atoms with Crippen molar-refractivity contribution in [3.05, 3.63) is 39.5 Å². The van der Waals surface area contributed by atoms with Gasteiger partial charge in [-0.3, -0.25) is 4.79 Å². The second-order valence-electron chi connectivity index (χ2n) is 2.46. The lowest BCUT2D eigenvalue weighted by atomic mass is 10.2. The van der Waals surface area contributed by atoms with Crippen LogP contribution >= 0.6 is 11.3 Å². The average Bonchev–Trinajstić information content (AvgIpc) is 2.17. The van der Waals surface area contributed by atoms with Crippen LogP contribution in [0.5, 0.6) is 0 Å². The van der Waals surface area contributed by atoms with Crippen molar-refractivity contribution < 1.29 is 0 Å². The number of fused-ring (bicyclic) bond motifs is 1. The minimum Gasteiger partial charge on any atom is -0.276 e. The molecule has 13 heavy (non-hydrogen) atoms. The molecule has 0 aliphatic rings. The van der Waals surface area contributed by atoms with Crippen LogP contribution in [-0.4, -0.2) is 4.98 Å². The van der Waals surface area contributed by atoms with Gasteiger partial charge in [-0.15, -0.1) is 0 Å². The van der Waals surface area contributed by atoms with Gasteiger partial charge in [-0.05, 0) is 12.1 Å². The summed E-state index contributed by atoms with van der Waals surface area (Å²) >= 11 is 1.00. The quantitative estimate of drug-likeness (QED) is 0.630. The molecule has 0 N–H and O–H groups in total. The lowest BCUT2D eigenvalue weighted by Gasteiger charge is -1.93. The lowest BCUT2D eigenvalue weighted by Crippen LogP contribution is -1.99. The van der Waals surface area contributed by atoms with Gasteiger partial charge in [0.1, 0.15) is 16.5 Å². The van der Waals surface area contributed by atoms with Gasteiger partial charge in [-0.2, -0.15) is 5.26 Å². The highest BCUT2D eigenvalue weighted by molar-refractivity contribution is 7.15. The number of nitriles is 1. The van der Waals surface area contributed by atoms with Gasteiger partial charge in [0.15, 0.2) is 0 Å². The van der Waals surface area contributed by atoms with Crippen LogP contribution in [-0.2, 0) is 0 Å². The van der Waals surface area contributed by atoms with Crippen molar-refractivity contribution in [2.45, 2.75) is 0 Å². The molecule has 0 aliphatic heterocycles. The normalized spacial score (nSPS) is 9.77. The molecular formula is C9H4N2OS. The molecule has 0 atom stereocenters. The van der Waals surface area contributed by atoms with Crippen LogP contribution in [0.4, 0.5) is 0 Å². The molecule has 0 radical (unpaired) electrons. The van der Waals surface area contributed by atoms with Crippen molar-refractivity contribution in [1.29, 1.82) is 5.26 Å². The van der Waals surface area contributed by atoms with Crippen LogP contribution < -0.4 is 4.74 Å². The van der Waals surface area contributed by atoms with E-state index in [4.69, 9.17) is 5.26 Å². The zero-order chi connectivity index (χ0) is 9.26. The largest absolute Gasteiger partial charge is 0.276 e. The van der Waals surface area contributed by atoms with Crippen LogP contribution in [0, 0.1) is 11.3 Å². The Kier molecular flexibility index (Phi) is 1.80. The van der Waals surface area contributed by atoms with Crippen LogP contribution in [0.15, 0.2) is 29.2 Å². The summed E-state index contributed by atoms with van der Waals surface area (Å²) in [5.74, 6) is 0. The lowest BCUT2D eigenvalue weighted by molar-refractivity contribution is 1.43. The molecule has 2 aromatic heterocycles. The van der Waals surface area contributed by atoms with Crippen LogP contribution in [0.25, 0.3) is 10.2 Å². The van der Waals surface area contributed by atoms with Gasteiger partial charge >= 0.3 is 0 Å². The minimum absolute atomic E-state index is 0.186. The van der Waals surface area contributed by atoms with Crippen molar-refractivity contribution in [3.8, 4) is 6.07 Å². The van der Waals surface area contributed by atoms with E-state index in [1.807, 2.05) is 12.1 Å². The van der Waals surface area contributed by atoms with Crippen molar-refractivity contribution in [1.82, 2.24) is 4.98 Å². The highest BCUT2D eigenvalue weighted by Gasteiger charge is 2.01. The number of aromatic nitrogens is 1. The van der Waals surface area contributed by atoms with Gasteiger partial charge in [0.25, 0.3) is 4.74 Å². The van der Waals surface area contributed by atoms with Crippen LogP contribution in [0.3, 0.4) is 0 Å². The maximum absolute atomic E-state index is 11.2. The molecular weight excluding hydrogens is 184 g/mol. The molecule has 0 aliphatic carbocycles. The first-order chi connectivity index (χ1) is 6.31. The number of hydrogen-bond donors (Lipinski definition) is 0. The Morgan fingerprint density at radius 3 is 3.15 bits per heavy atom. The van der Waals surface area contributed by atoms with E-state index in [1.54, 1.807) is 18.3 Å². The number of rotatable bonds is 0. The van der Waals surface area contributed by atoms with Crippen LogP contribution in [0.2, 0.25) is 0 Å². The highest BCUT2D eigenvalue weighted by atomic mass is 32.1. The molecule has 0 bridgehead atoms. The Balaban J connectivity index is 2.91. The topological polar surface area (TPSA) is 53.8 Å². The summed E-state index contributed by atoms with van der Waals surface area (Å²) in [5, 5.41) is 9.45. The van der Waals surface area contributed by atoms with E-state index in [0.29, 0.717) is 4.83 Å². The highest BCUT2D eigenvalue weighted by Crippen LogP contribution is 2.13. The summed E-state index contributed by atoms with van der Waals surface area (Å²) in [6.45, 7) is 0. The fourth-order valence-electron chi connectivity index (χ4n) is 1.03. The van der Waals surface area contributed by atoms with Crippen molar-refractivity contribution in [2.24, 2.45) is 0 Å². The maximum Gasteiger partial charge on any atom is 0.252 e. The third-order valence-electron chi connectivity index (χ3n) is 1.63. The van der Waals surface area contributed by atoms with Gasteiger partial charge in [0.05, 0.1) is 0 Å². The molecule has 0 spiro atoms. The Morgan fingerprint density at radius 1 is 1.54 bits per heavy atom. The predicted molar refractivity (Wildman–Crippen MR) is 50.6 cm³/mol. The number of pyridine rings is 1. The third kappa shape index (κ3) is 1.30. The Morgan fingerprint density at radius 2 is 2.38 bits per heavy atom. The molecule has 0 aromatic carbocycles. The number of nitrogens with zero attached hydrogens (tertiary/aromatic N) is 2. The summed E-state index contributed by atoms with van der Waals surface area (Å²) in [5.41, 5.74) is 0.186. The summed E-state index contributed by atoms with van der Waals surface area (Å²) in [6.07, 6.45) is 1.63. The van der Waals surface area contributed by atoms with E-state index in [-0.39, 0.29) is 10.3 Å². The fraction of sp³-hybridized carbons (Fsp3) is 0. The molecule has 2 aromatic rings. The van der Waals surface area contributed by atoms with E-state index in [1.165, 1.54) is 0 Å². The smallest absolute Gasteiger partial charge is 0.252 e. The summed E-state index contributed by atoms with van der Waals surface area (Å²) in [7, 11) is 0. The molecule has 4 heteroatoms. The second-order valence-corrected chi connectivity index (χ2v) is 3.42. The number of hydrogen-bond acceptors (Lipinski definition) is 4. The van der Waals surface area contributed by atoms with Crippen molar-refractivity contribution in [3.63, 3.8) is 0 Å². The first-order valence-electron chi connectivity index (χ1n) is 3.60.